The van der Waals surface area contributed by atoms with Crippen molar-refractivity contribution in [3.63, 3.8) is 0 Å². The lowest BCUT2D eigenvalue weighted by Gasteiger charge is -2.16. The van der Waals surface area contributed by atoms with E-state index in [9.17, 15) is 10.1 Å². The lowest BCUT2D eigenvalue weighted by molar-refractivity contribution is -0.116. The smallest absolute Gasteiger partial charge is 0.246 e. The standard InChI is InChI=1S/C23H24N6O/c1-16(23(30)26-20-11-5-4-8-18(20)15-24)25-19-10-7-9-17(14-19)22-28-27-21-12-3-2-6-13-29(21)22/h4-5,7-11,14,16,25H,2-3,6,12-13H2,1H3,(H,26,30)/t16-/m1/s1. The van der Waals surface area contributed by atoms with E-state index < -0.39 is 6.04 Å². The molecule has 2 heterocycles. The number of carbonyl (C=O) groups is 1. The van der Waals surface area contributed by atoms with Crippen LogP contribution in [0.2, 0.25) is 0 Å². The van der Waals surface area contributed by atoms with Gasteiger partial charge in [0.2, 0.25) is 5.91 Å². The monoisotopic (exact) mass is 400 g/mol. The minimum atomic E-state index is -0.484. The molecule has 1 aromatic heterocycles. The van der Waals surface area contributed by atoms with Crippen LogP contribution in [0.15, 0.2) is 48.5 Å². The zero-order valence-electron chi connectivity index (χ0n) is 16.9. The number of nitrogens with zero attached hydrogens (tertiary/aromatic N) is 4. The highest BCUT2D eigenvalue weighted by Gasteiger charge is 2.18. The van der Waals surface area contributed by atoms with E-state index in [0.717, 1.165) is 48.7 Å². The Morgan fingerprint density at radius 3 is 2.87 bits per heavy atom. The fourth-order valence-corrected chi connectivity index (χ4v) is 3.69. The number of fused-ring (bicyclic) bond motifs is 1. The molecule has 0 saturated carbocycles. The third-order valence-electron chi connectivity index (χ3n) is 5.31. The molecule has 0 unspecified atom stereocenters. The number of nitriles is 1. The molecule has 0 aliphatic carbocycles. The topological polar surface area (TPSA) is 95.6 Å². The number of amides is 1. The zero-order chi connectivity index (χ0) is 20.9. The summed E-state index contributed by atoms with van der Waals surface area (Å²) in [7, 11) is 0. The van der Waals surface area contributed by atoms with Crippen molar-refractivity contribution in [3.8, 4) is 17.5 Å². The van der Waals surface area contributed by atoms with E-state index in [-0.39, 0.29) is 5.91 Å². The first kappa shape index (κ1) is 19.6. The van der Waals surface area contributed by atoms with Crippen LogP contribution in [0.5, 0.6) is 0 Å². The average molecular weight is 400 g/mol. The first-order chi connectivity index (χ1) is 14.7. The summed E-state index contributed by atoms with van der Waals surface area (Å²) in [5, 5.41) is 24.1. The number of benzene rings is 2. The van der Waals surface area contributed by atoms with Crippen LogP contribution in [-0.2, 0) is 17.8 Å². The van der Waals surface area contributed by atoms with Gasteiger partial charge in [-0.2, -0.15) is 5.26 Å². The number of anilines is 2. The summed E-state index contributed by atoms with van der Waals surface area (Å²) in [5.41, 5.74) is 2.75. The molecule has 7 nitrogen and oxygen atoms in total. The zero-order valence-corrected chi connectivity index (χ0v) is 16.9. The number of carbonyl (C=O) groups excluding carboxylic acids is 1. The Hall–Kier alpha value is -3.66. The number of para-hydroxylation sites is 1. The Bertz CT molecular complexity index is 1100. The largest absolute Gasteiger partial charge is 0.374 e. The molecule has 0 bridgehead atoms. The second-order valence-corrected chi connectivity index (χ2v) is 7.50. The number of aryl methyl sites for hydroxylation is 1. The van der Waals surface area contributed by atoms with Gasteiger partial charge in [-0.05, 0) is 44.0 Å². The normalized spacial score (nSPS) is 14.1. The van der Waals surface area contributed by atoms with Gasteiger partial charge in [-0.3, -0.25) is 4.79 Å². The summed E-state index contributed by atoms with van der Waals surface area (Å²) in [6, 6.07) is 16.5. The summed E-state index contributed by atoms with van der Waals surface area (Å²) in [6.45, 7) is 2.73. The molecule has 4 rings (SSSR count). The molecule has 1 amide bonds. The number of hydrogen-bond donors (Lipinski definition) is 2. The van der Waals surface area contributed by atoms with Crippen LogP contribution in [-0.4, -0.2) is 26.7 Å². The van der Waals surface area contributed by atoms with Crippen molar-refractivity contribution in [1.82, 2.24) is 14.8 Å². The molecular formula is C23H24N6O. The van der Waals surface area contributed by atoms with Crippen LogP contribution in [0.25, 0.3) is 11.4 Å². The Morgan fingerprint density at radius 2 is 2.00 bits per heavy atom. The number of hydrogen-bond acceptors (Lipinski definition) is 5. The van der Waals surface area contributed by atoms with Gasteiger partial charge in [0.25, 0.3) is 0 Å². The van der Waals surface area contributed by atoms with Crippen LogP contribution < -0.4 is 10.6 Å². The van der Waals surface area contributed by atoms with Gasteiger partial charge in [-0.15, -0.1) is 10.2 Å². The maximum atomic E-state index is 12.6. The van der Waals surface area contributed by atoms with Crippen LogP contribution in [0.1, 0.15) is 37.6 Å². The first-order valence-corrected chi connectivity index (χ1v) is 10.2. The van der Waals surface area contributed by atoms with Gasteiger partial charge in [-0.1, -0.05) is 30.7 Å². The average Bonchev–Trinajstić information content (AvgIpc) is 3.02. The van der Waals surface area contributed by atoms with E-state index in [4.69, 9.17) is 0 Å². The summed E-state index contributed by atoms with van der Waals surface area (Å²) < 4.78 is 2.21. The van der Waals surface area contributed by atoms with Gasteiger partial charge in [0.05, 0.1) is 11.3 Å². The van der Waals surface area contributed by atoms with Crippen molar-refractivity contribution >= 4 is 17.3 Å². The molecule has 0 fully saturated rings. The third-order valence-corrected chi connectivity index (χ3v) is 5.31. The molecule has 30 heavy (non-hydrogen) atoms. The predicted octanol–water partition coefficient (Wildman–Crippen LogP) is 3.98. The van der Waals surface area contributed by atoms with Gasteiger partial charge in [0.1, 0.15) is 17.9 Å². The molecule has 3 aromatic rings. The van der Waals surface area contributed by atoms with Crippen LogP contribution in [0.3, 0.4) is 0 Å². The highest BCUT2D eigenvalue weighted by molar-refractivity contribution is 5.97. The summed E-state index contributed by atoms with van der Waals surface area (Å²) in [4.78, 5) is 12.6. The fourth-order valence-electron chi connectivity index (χ4n) is 3.69. The van der Waals surface area contributed by atoms with Gasteiger partial charge < -0.3 is 15.2 Å². The molecule has 1 aliphatic rings. The number of aromatic nitrogens is 3. The molecule has 152 valence electrons. The van der Waals surface area contributed by atoms with Crippen molar-refractivity contribution in [2.75, 3.05) is 10.6 Å². The van der Waals surface area contributed by atoms with Crippen molar-refractivity contribution in [2.45, 2.75) is 45.2 Å². The van der Waals surface area contributed by atoms with Gasteiger partial charge in [0.15, 0.2) is 5.82 Å². The minimum absolute atomic E-state index is 0.209. The molecule has 2 aromatic carbocycles. The molecular weight excluding hydrogens is 376 g/mol. The molecule has 0 radical (unpaired) electrons. The molecule has 1 aliphatic heterocycles. The molecule has 2 N–H and O–H groups in total. The van der Waals surface area contributed by atoms with E-state index in [2.05, 4.69) is 31.5 Å². The van der Waals surface area contributed by atoms with Crippen LogP contribution in [0.4, 0.5) is 11.4 Å². The first-order valence-electron chi connectivity index (χ1n) is 10.2. The second kappa shape index (κ2) is 8.78. The SMILES string of the molecule is C[C@@H](Nc1cccc(-c2nnc3n2CCCCC3)c1)C(=O)Nc1ccccc1C#N. The van der Waals surface area contributed by atoms with Gasteiger partial charge in [-0.25, -0.2) is 0 Å². The minimum Gasteiger partial charge on any atom is -0.374 e. The quantitative estimate of drug-likeness (QED) is 0.675. The summed E-state index contributed by atoms with van der Waals surface area (Å²) in [5.74, 6) is 1.71. The molecule has 0 spiro atoms. The lowest BCUT2D eigenvalue weighted by atomic mass is 10.1. The van der Waals surface area contributed by atoms with Crippen molar-refractivity contribution in [1.29, 1.82) is 5.26 Å². The maximum absolute atomic E-state index is 12.6. The third kappa shape index (κ3) is 4.18. The second-order valence-electron chi connectivity index (χ2n) is 7.50. The molecule has 7 heteroatoms. The maximum Gasteiger partial charge on any atom is 0.246 e. The van der Waals surface area contributed by atoms with Gasteiger partial charge >= 0.3 is 0 Å². The Balaban J connectivity index is 1.49. The van der Waals surface area contributed by atoms with Crippen LogP contribution in [0, 0.1) is 11.3 Å². The van der Waals surface area contributed by atoms with Crippen LogP contribution >= 0.6 is 0 Å². The number of nitrogens with one attached hydrogen (secondary N) is 2. The summed E-state index contributed by atoms with van der Waals surface area (Å²) >= 11 is 0. The van der Waals surface area contributed by atoms with E-state index in [1.165, 1.54) is 6.42 Å². The summed E-state index contributed by atoms with van der Waals surface area (Å²) in [6.07, 6.45) is 4.47. The van der Waals surface area contributed by atoms with E-state index >= 15 is 0 Å². The molecule has 1 atom stereocenters. The van der Waals surface area contributed by atoms with E-state index in [1.807, 2.05) is 24.3 Å². The lowest BCUT2D eigenvalue weighted by Crippen LogP contribution is -2.32. The fraction of sp³-hybridized carbons (Fsp3) is 0.304. The van der Waals surface area contributed by atoms with Crippen molar-refractivity contribution in [2.24, 2.45) is 0 Å². The Kier molecular flexibility index (Phi) is 5.75. The Morgan fingerprint density at radius 1 is 1.13 bits per heavy atom. The number of rotatable bonds is 5. The van der Waals surface area contributed by atoms with E-state index in [1.54, 1.807) is 31.2 Å². The van der Waals surface area contributed by atoms with Crippen molar-refractivity contribution in [3.05, 3.63) is 59.9 Å². The van der Waals surface area contributed by atoms with Gasteiger partial charge in [0, 0.05) is 24.2 Å². The highest BCUT2D eigenvalue weighted by Crippen LogP contribution is 2.25. The van der Waals surface area contributed by atoms with Crippen molar-refractivity contribution < 1.29 is 4.79 Å². The molecule has 0 saturated heterocycles. The Labute approximate surface area is 175 Å². The highest BCUT2D eigenvalue weighted by atomic mass is 16.2. The predicted molar refractivity (Wildman–Crippen MR) is 116 cm³/mol. The van der Waals surface area contributed by atoms with E-state index in [0.29, 0.717) is 11.3 Å².